The zero-order valence-electron chi connectivity index (χ0n) is 10.0. The quantitative estimate of drug-likeness (QED) is 0.794. The number of furan rings is 1. The summed E-state index contributed by atoms with van der Waals surface area (Å²) in [5.74, 6) is 0.278. The first-order valence-electron chi connectivity index (χ1n) is 5.66. The molecule has 100 valence electrons. The van der Waals surface area contributed by atoms with Crippen molar-refractivity contribution in [3.05, 3.63) is 53.2 Å². The van der Waals surface area contributed by atoms with Crippen LogP contribution in [0, 0.1) is 0 Å². The first-order valence-corrected chi connectivity index (χ1v) is 6.45. The van der Waals surface area contributed by atoms with E-state index in [4.69, 9.17) is 8.83 Å². The van der Waals surface area contributed by atoms with Gasteiger partial charge >= 0.3 is 0 Å². The van der Waals surface area contributed by atoms with Crippen LogP contribution in [0.2, 0.25) is 0 Å². The van der Waals surface area contributed by atoms with E-state index in [-0.39, 0.29) is 11.7 Å². The molecule has 0 aliphatic heterocycles. The van der Waals surface area contributed by atoms with Gasteiger partial charge in [-0.15, -0.1) is 10.2 Å². The molecule has 6 nitrogen and oxygen atoms in total. The lowest BCUT2D eigenvalue weighted by atomic mass is 10.2. The third-order valence-electron chi connectivity index (χ3n) is 2.52. The maximum absolute atomic E-state index is 11.9. The molecule has 3 aromatic rings. The number of benzene rings is 1. The Morgan fingerprint density at radius 1 is 1.25 bits per heavy atom. The number of nitrogens with zero attached hydrogens (tertiary/aromatic N) is 2. The summed E-state index contributed by atoms with van der Waals surface area (Å²) in [5, 5.41) is 10.2. The van der Waals surface area contributed by atoms with Gasteiger partial charge in [-0.3, -0.25) is 4.79 Å². The lowest BCUT2D eigenvalue weighted by Crippen LogP contribution is -2.10. The summed E-state index contributed by atoms with van der Waals surface area (Å²) < 4.78 is 10.8. The van der Waals surface area contributed by atoms with E-state index < -0.39 is 0 Å². The predicted octanol–water partition coefficient (Wildman–Crippen LogP) is 3.34. The smallest absolute Gasteiger partial charge is 0.291 e. The Balaban J connectivity index is 1.81. The lowest BCUT2D eigenvalue weighted by Gasteiger charge is -2.04. The summed E-state index contributed by atoms with van der Waals surface area (Å²) in [6.45, 7) is 0. The van der Waals surface area contributed by atoms with Gasteiger partial charge in [-0.05, 0) is 46.3 Å². The molecule has 0 fully saturated rings. The topological polar surface area (TPSA) is 81.2 Å². The lowest BCUT2D eigenvalue weighted by molar-refractivity contribution is 0.0995. The van der Waals surface area contributed by atoms with Crippen LogP contribution in [0.1, 0.15) is 10.6 Å². The monoisotopic (exact) mass is 333 g/mol. The average molecular weight is 334 g/mol. The number of carbonyl (C=O) groups excluding carboxylic acids is 1. The maximum atomic E-state index is 11.9. The fourth-order valence-corrected chi connectivity index (χ4v) is 1.96. The number of amides is 1. The number of anilines is 1. The Kier molecular flexibility index (Phi) is 3.34. The van der Waals surface area contributed by atoms with Crippen molar-refractivity contribution in [2.24, 2.45) is 0 Å². The zero-order valence-corrected chi connectivity index (χ0v) is 11.6. The second-order valence-electron chi connectivity index (χ2n) is 3.88. The van der Waals surface area contributed by atoms with Crippen LogP contribution in [-0.2, 0) is 0 Å². The standard InChI is InChI=1S/C13H8BrN3O3/c14-11-5-4-10(20-11)12(18)16-9-3-1-2-8(6-9)13-17-15-7-19-13/h1-7H,(H,16,18). The summed E-state index contributed by atoms with van der Waals surface area (Å²) >= 11 is 3.15. The van der Waals surface area contributed by atoms with Crippen LogP contribution in [0.25, 0.3) is 11.5 Å². The van der Waals surface area contributed by atoms with Crippen LogP contribution in [-0.4, -0.2) is 16.1 Å². The van der Waals surface area contributed by atoms with Crippen molar-refractivity contribution in [3.8, 4) is 11.5 Å². The highest BCUT2D eigenvalue weighted by Gasteiger charge is 2.11. The van der Waals surface area contributed by atoms with Gasteiger partial charge in [0.1, 0.15) is 0 Å². The van der Waals surface area contributed by atoms with Crippen LogP contribution in [0.15, 0.2) is 56.3 Å². The molecule has 0 aliphatic rings. The van der Waals surface area contributed by atoms with E-state index in [1.807, 2.05) is 6.07 Å². The van der Waals surface area contributed by atoms with Gasteiger partial charge in [-0.1, -0.05) is 6.07 Å². The number of nitrogens with one attached hydrogen (secondary N) is 1. The van der Waals surface area contributed by atoms with Crippen molar-refractivity contribution in [1.29, 1.82) is 0 Å². The molecule has 3 rings (SSSR count). The van der Waals surface area contributed by atoms with Crippen LogP contribution in [0.5, 0.6) is 0 Å². The largest absolute Gasteiger partial charge is 0.444 e. The van der Waals surface area contributed by atoms with E-state index >= 15 is 0 Å². The number of hydrogen-bond acceptors (Lipinski definition) is 5. The molecule has 2 heterocycles. The zero-order chi connectivity index (χ0) is 13.9. The van der Waals surface area contributed by atoms with E-state index in [2.05, 4.69) is 31.4 Å². The van der Waals surface area contributed by atoms with Gasteiger partial charge in [0.15, 0.2) is 10.4 Å². The molecule has 7 heteroatoms. The van der Waals surface area contributed by atoms with Crippen molar-refractivity contribution >= 4 is 27.5 Å². The molecule has 2 aromatic heterocycles. The number of hydrogen-bond donors (Lipinski definition) is 1. The molecule has 0 unspecified atom stereocenters. The Labute approximate surface area is 121 Å². The van der Waals surface area contributed by atoms with Gasteiger partial charge in [0, 0.05) is 11.3 Å². The first kappa shape index (κ1) is 12.6. The highest BCUT2D eigenvalue weighted by molar-refractivity contribution is 9.10. The van der Waals surface area contributed by atoms with Gasteiger partial charge in [0.05, 0.1) is 0 Å². The second-order valence-corrected chi connectivity index (χ2v) is 4.66. The minimum absolute atomic E-state index is 0.222. The SMILES string of the molecule is O=C(Nc1cccc(-c2nnco2)c1)c1ccc(Br)o1. The number of aromatic nitrogens is 2. The van der Waals surface area contributed by atoms with E-state index in [0.717, 1.165) is 5.56 Å². The molecule has 0 spiro atoms. The van der Waals surface area contributed by atoms with Crippen molar-refractivity contribution in [1.82, 2.24) is 10.2 Å². The Morgan fingerprint density at radius 2 is 2.15 bits per heavy atom. The fourth-order valence-electron chi connectivity index (χ4n) is 1.66. The highest BCUT2D eigenvalue weighted by atomic mass is 79.9. The summed E-state index contributed by atoms with van der Waals surface area (Å²) in [7, 11) is 0. The Bertz CT molecular complexity index is 737. The van der Waals surface area contributed by atoms with Crippen molar-refractivity contribution in [3.63, 3.8) is 0 Å². The molecule has 0 radical (unpaired) electrons. The second kappa shape index (κ2) is 5.30. The number of carbonyl (C=O) groups is 1. The van der Waals surface area contributed by atoms with Crippen LogP contribution < -0.4 is 5.32 Å². The molecule has 0 atom stereocenters. The van der Waals surface area contributed by atoms with E-state index in [0.29, 0.717) is 16.2 Å². The van der Waals surface area contributed by atoms with Gasteiger partial charge in [0.2, 0.25) is 12.3 Å². The molecular formula is C13H8BrN3O3. The molecular weight excluding hydrogens is 326 g/mol. The molecule has 0 bridgehead atoms. The van der Waals surface area contributed by atoms with Gasteiger partial charge < -0.3 is 14.2 Å². The van der Waals surface area contributed by atoms with E-state index in [9.17, 15) is 4.79 Å². The van der Waals surface area contributed by atoms with Crippen molar-refractivity contribution < 1.29 is 13.6 Å². The fraction of sp³-hybridized carbons (Fsp3) is 0. The molecule has 1 aromatic carbocycles. The number of rotatable bonds is 3. The summed E-state index contributed by atoms with van der Waals surface area (Å²) in [6.07, 6.45) is 1.25. The molecule has 0 saturated carbocycles. The van der Waals surface area contributed by atoms with Gasteiger partial charge in [0.25, 0.3) is 5.91 Å². The highest BCUT2D eigenvalue weighted by Crippen LogP contribution is 2.21. The van der Waals surface area contributed by atoms with Crippen LogP contribution in [0.3, 0.4) is 0 Å². The molecule has 1 amide bonds. The number of halogens is 1. The first-order chi connectivity index (χ1) is 9.72. The average Bonchev–Trinajstić information content (AvgIpc) is 3.10. The minimum atomic E-state index is -0.335. The Hall–Kier alpha value is -2.41. The summed E-state index contributed by atoms with van der Waals surface area (Å²) in [6, 6.07) is 10.3. The molecule has 0 aliphatic carbocycles. The normalized spacial score (nSPS) is 10.4. The third kappa shape index (κ3) is 2.62. The van der Waals surface area contributed by atoms with Crippen LogP contribution >= 0.6 is 15.9 Å². The summed E-state index contributed by atoms with van der Waals surface area (Å²) in [4.78, 5) is 11.9. The predicted molar refractivity (Wildman–Crippen MR) is 74.1 cm³/mol. The Morgan fingerprint density at radius 3 is 2.85 bits per heavy atom. The van der Waals surface area contributed by atoms with Crippen molar-refractivity contribution in [2.45, 2.75) is 0 Å². The molecule has 1 N–H and O–H groups in total. The van der Waals surface area contributed by atoms with E-state index in [1.165, 1.54) is 6.39 Å². The van der Waals surface area contributed by atoms with Gasteiger partial charge in [-0.2, -0.15) is 0 Å². The van der Waals surface area contributed by atoms with Crippen molar-refractivity contribution in [2.75, 3.05) is 5.32 Å². The summed E-state index contributed by atoms with van der Waals surface area (Å²) in [5.41, 5.74) is 1.33. The van der Waals surface area contributed by atoms with Crippen LogP contribution in [0.4, 0.5) is 5.69 Å². The minimum Gasteiger partial charge on any atom is -0.444 e. The molecule has 20 heavy (non-hydrogen) atoms. The third-order valence-corrected chi connectivity index (χ3v) is 2.95. The van der Waals surface area contributed by atoms with E-state index in [1.54, 1.807) is 30.3 Å². The van der Waals surface area contributed by atoms with Gasteiger partial charge in [-0.25, -0.2) is 0 Å². The maximum Gasteiger partial charge on any atom is 0.291 e. The molecule has 0 saturated heterocycles.